The minimum absolute atomic E-state index is 0.0172. The number of hydrogen-bond acceptors (Lipinski definition) is 8. The fraction of sp³-hybridized carbons (Fsp3) is 0.375. The Bertz CT molecular complexity index is 1510. The van der Waals surface area contributed by atoms with Gasteiger partial charge in [0.15, 0.2) is 17.4 Å². The second-order valence-corrected chi connectivity index (χ2v) is 12.0. The van der Waals surface area contributed by atoms with Gasteiger partial charge in [-0.05, 0) is 70.5 Å². The number of benzene rings is 3. The van der Waals surface area contributed by atoms with Crippen LogP contribution in [0.1, 0.15) is 50.5 Å². The van der Waals surface area contributed by atoms with E-state index < -0.39 is 41.2 Å². The molecule has 12 heteroatoms. The molecule has 1 fully saturated rings. The van der Waals surface area contributed by atoms with Crippen LogP contribution in [0.5, 0.6) is 5.75 Å². The normalized spacial score (nSPS) is 15.9. The summed E-state index contributed by atoms with van der Waals surface area (Å²) in [5.74, 6) is -3.04. The average Bonchev–Trinajstić information content (AvgIpc) is 3.30. The molecule has 1 heterocycles. The maximum Gasteiger partial charge on any atom is 0.429 e. The Hall–Kier alpha value is -3.93. The molecule has 4 rings (SSSR count). The number of esters is 1. The average molecular weight is 633 g/mol. The summed E-state index contributed by atoms with van der Waals surface area (Å²) in [5.41, 5.74) is 4.10. The highest BCUT2D eigenvalue weighted by Gasteiger charge is 2.36. The predicted octanol–water partition coefficient (Wildman–Crippen LogP) is 7.37. The summed E-state index contributed by atoms with van der Waals surface area (Å²) in [6, 6.07) is 13.5. The molecule has 0 aliphatic carbocycles. The largest absolute Gasteiger partial charge is 0.489 e. The standard InChI is InChI=1S/C32H35ClF2N2O7/c1-31(2,3)44-30(39)37(16-22-18-42-32(4,5)43-22)36-28-20(8-7-9-23(28)29(38)40-6)17-41-21-12-10-19(11-13-21)24-14-26(34)27(35)15-25(24)33/h7-15,22,36H,16-18H2,1-6H3/t22-/m0/s1. The molecule has 0 radical (unpaired) electrons. The van der Waals surface area contributed by atoms with Crippen LogP contribution in [0.15, 0.2) is 54.6 Å². The van der Waals surface area contributed by atoms with Crippen LogP contribution in [-0.2, 0) is 25.6 Å². The molecule has 236 valence electrons. The smallest absolute Gasteiger partial charge is 0.429 e. The maximum atomic E-state index is 13.8. The molecule has 1 aliphatic rings. The molecule has 1 aliphatic heterocycles. The summed E-state index contributed by atoms with van der Waals surface area (Å²) in [5, 5.41) is 1.30. The number of hydrazine groups is 1. The summed E-state index contributed by atoms with van der Waals surface area (Å²) < 4.78 is 55.5. The number of rotatable bonds is 9. The van der Waals surface area contributed by atoms with Gasteiger partial charge < -0.3 is 23.7 Å². The van der Waals surface area contributed by atoms with Crippen molar-refractivity contribution in [2.45, 2.75) is 58.7 Å². The summed E-state index contributed by atoms with van der Waals surface area (Å²) in [6.45, 7) is 9.06. The lowest BCUT2D eigenvalue weighted by Crippen LogP contribution is -2.45. The van der Waals surface area contributed by atoms with Crippen molar-refractivity contribution in [3.8, 4) is 16.9 Å². The zero-order valence-electron chi connectivity index (χ0n) is 25.3. The molecule has 0 aromatic heterocycles. The number of carbonyl (C=O) groups excluding carboxylic acids is 2. The Morgan fingerprint density at radius 3 is 2.39 bits per heavy atom. The number of amides is 1. The fourth-order valence-electron chi connectivity index (χ4n) is 4.44. The van der Waals surface area contributed by atoms with Crippen molar-refractivity contribution in [2.75, 3.05) is 25.7 Å². The van der Waals surface area contributed by atoms with Crippen LogP contribution in [0, 0.1) is 11.6 Å². The lowest BCUT2D eigenvalue weighted by Gasteiger charge is -2.31. The molecule has 3 aromatic carbocycles. The Morgan fingerprint density at radius 2 is 1.77 bits per heavy atom. The van der Waals surface area contributed by atoms with Crippen LogP contribution >= 0.6 is 11.6 Å². The van der Waals surface area contributed by atoms with E-state index in [0.29, 0.717) is 22.4 Å². The second kappa shape index (κ2) is 13.4. The van der Waals surface area contributed by atoms with Crippen molar-refractivity contribution < 1.29 is 42.1 Å². The Kier molecular flexibility index (Phi) is 10.0. The van der Waals surface area contributed by atoms with Gasteiger partial charge in [-0.1, -0.05) is 35.9 Å². The number of nitrogens with one attached hydrogen (secondary N) is 1. The summed E-state index contributed by atoms with van der Waals surface area (Å²) in [7, 11) is 1.26. The van der Waals surface area contributed by atoms with Crippen molar-refractivity contribution in [1.82, 2.24) is 5.01 Å². The van der Waals surface area contributed by atoms with E-state index in [1.807, 2.05) is 0 Å². The number of carbonyl (C=O) groups is 2. The highest BCUT2D eigenvalue weighted by atomic mass is 35.5. The predicted molar refractivity (Wildman–Crippen MR) is 160 cm³/mol. The minimum Gasteiger partial charge on any atom is -0.489 e. The number of para-hydroxylation sites is 1. The van der Waals surface area contributed by atoms with Crippen molar-refractivity contribution in [3.63, 3.8) is 0 Å². The van der Waals surface area contributed by atoms with E-state index in [1.54, 1.807) is 77.1 Å². The molecular formula is C32H35ClF2N2O7. The fourth-order valence-corrected chi connectivity index (χ4v) is 4.70. The van der Waals surface area contributed by atoms with Crippen LogP contribution in [0.4, 0.5) is 19.3 Å². The van der Waals surface area contributed by atoms with Crippen LogP contribution in [-0.4, -0.2) is 54.8 Å². The van der Waals surface area contributed by atoms with Gasteiger partial charge in [0.1, 0.15) is 24.1 Å². The third-order valence-electron chi connectivity index (χ3n) is 6.44. The molecule has 0 saturated carbocycles. The number of anilines is 1. The second-order valence-electron chi connectivity index (χ2n) is 11.5. The number of methoxy groups -OCH3 is 1. The van der Waals surface area contributed by atoms with Crippen molar-refractivity contribution >= 4 is 29.4 Å². The molecule has 1 saturated heterocycles. The van der Waals surface area contributed by atoms with Crippen LogP contribution in [0.3, 0.4) is 0 Å². The molecule has 1 N–H and O–H groups in total. The highest BCUT2D eigenvalue weighted by Crippen LogP contribution is 2.32. The van der Waals surface area contributed by atoms with E-state index in [9.17, 15) is 18.4 Å². The van der Waals surface area contributed by atoms with Crippen LogP contribution in [0.2, 0.25) is 5.02 Å². The van der Waals surface area contributed by atoms with E-state index in [2.05, 4.69) is 5.43 Å². The first-order valence-electron chi connectivity index (χ1n) is 13.8. The Labute approximate surface area is 259 Å². The lowest BCUT2D eigenvalue weighted by atomic mass is 10.1. The van der Waals surface area contributed by atoms with Gasteiger partial charge in [0, 0.05) is 11.1 Å². The Balaban J connectivity index is 1.60. The topological polar surface area (TPSA) is 95.6 Å². The molecule has 1 atom stereocenters. The van der Waals surface area contributed by atoms with Gasteiger partial charge in [-0.3, -0.25) is 5.43 Å². The minimum atomic E-state index is -1.03. The first-order chi connectivity index (χ1) is 20.7. The zero-order chi connectivity index (χ0) is 32.2. The number of hydrogen-bond donors (Lipinski definition) is 1. The van der Waals surface area contributed by atoms with E-state index in [0.717, 1.165) is 12.1 Å². The van der Waals surface area contributed by atoms with Gasteiger partial charge in [-0.15, -0.1) is 0 Å². The summed E-state index contributed by atoms with van der Waals surface area (Å²) >= 11 is 6.12. The van der Waals surface area contributed by atoms with Crippen molar-refractivity contribution in [1.29, 1.82) is 0 Å². The Morgan fingerprint density at radius 1 is 1.09 bits per heavy atom. The quantitative estimate of drug-likeness (QED) is 0.148. The lowest BCUT2D eigenvalue weighted by molar-refractivity contribution is -0.139. The van der Waals surface area contributed by atoms with Crippen LogP contribution < -0.4 is 10.2 Å². The maximum absolute atomic E-state index is 13.8. The SMILES string of the molecule is COC(=O)c1cccc(COc2ccc(-c3cc(F)c(F)cc3Cl)cc2)c1NN(C[C@H]1COC(C)(C)O1)C(=O)OC(C)(C)C. The molecule has 9 nitrogen and oxygen atoms in total. The summed E-state index contributed by atoms with van der Waals surface area (Å²) in [6.07, 6.45) is -1.17. The van der Waals surface area contributed by atoms with Gasteiger partial charge in [0.2, 0.25) is 0 Å². The van der Waals surface area contributed by atoms with Gasteiger partial charge >= 0.3 is 12.1 Å². The van der Waals surface area contributed by atoms with Gasteiger partial charge in [0.05, 0.1) is 36.5 Å². The number of ether oxygens (including phenoxy) is 5. The zero-order valence-corrected chi connectivity index (χ0v) is 26.1. The highest BCUT2D eigenvalue weighted by molar-refractivity contribution is 6.33. The third kappa shape index (κ3) is 8.37. The molecular weight excluding hydrogens is 598 g/mol. The third-order valence-corrected chi connectivity index (χ3v) is 6.75. The first-order valence-corrected chi connectivity index (χ1v) is 14.2. The van der Waals surface area contributed by atoms with Gasteiger partial charge in [-0.2, -0.15) is 0 Å². The molecule has 0 spiro atoms. The molecule has 1 amide bonds. The van der Waals surface area contributed by atoms with Crippen molar-refractivity contribution in [2.24, 2.45) is 0 Å². The first kappa shape index (κ1) is 33.0. The monoisotopic (exact) mass is 632 g/mol. The van der Waals surface area contributed by atoms with E-state index in [4.69, 9.17) is 35.3 Å². The van der Waals surface area contributed by atoms with Gasteiger partial charge in [-0.25, -0.2) is 23.4 Å². The van der Waals surface area contributed by atoms with Gasteiger partial charge in [0.25, 0.3) is 0 Å². The molecule has 3 aromatic rings. The molecule has 0 unspecified atom stereocenters. The van der Waals surface area contributed by atoms with Crippen LogP contribution in [0.25, 0.3) is 11.1 Å². The molecule has 44 heavy (non-hydrogen) atoms. The van der Waals surface area contributed by atoms with E-state index in [1.165, 1.54) is 12.1 Å². The van der Waals surface area contributed by atoms with E-state index in [-0.39, 0.29) is 36.0 Å². The van der Waals surface area contributed by atoms with Crippen molar-refractivity contribution in [3.05, 3.63) is 82.4 Å². The van der Waals surface area contributed by atoms with E-state index >= 15 is 0 Å². The number of nitrogens with zero attached hydrogens (tertiary/aromatic N) is 1. The molecule has 0 bridgehead atoms. The number of halogens is 3. The summed E-state index contributed by atoms with van der Waals surface area (Å²) in [4.78, 5) is 26.1.